The minimum atomic E-state index is -0.601. The van der Waals surface area contributed by atoms with Crippen LogP contribution in [0.15, 0.2) is 18.2 Å². The standard InChI is InChI=1S/C12H15ClN2O3/c1-2-5-14-12(18)9-4-3-8(6-10(9)13)15-11(17)7-16/h3-4,6,16H,2,5,7H2,1H3,(H,14,18)(H,15,17). The third-order valence-corrected chi connectivity index (χ3v) is 2.49. The van der Waals surface area contributed by atoms with Crippen LogP contribution in [0.3, 0.4) is 0 Å². The van der Waals surface area contributed by atoms with Crippen LogP contribution in [0, 0.1) is 0 Å². The molecule has 0 aliphatic heterocycles. The molecule has 0 spiro atoms. The van der Waals surface area contributed by atoms with Gasteiger partial charge in [-0.25, -0.2) is 0 Å². The number of nitrogens with one attached hydrogen (secondary N) is 2. The summed E-state index contributed by atoms with van der Waals surface area (Å²) in [6.45, 7) is 1.93. The number of carbonyl (C=O) groups is 2. The van der Waals surface area contributed by atoms with E-state index in [9.17, 15) is 9.59 Å². The first-order chi connectivity index (χ1) is 8.58. The molecule has 0 saturated carbocycles. The first-order valence-electron chi connectivity index (χ1n) is 5.57. The van der Waals surface area contributed by atoms with E-state index in [0.717, 1.165) is 6.42 Å². The van der Waals surface area contributed by atoms with Gasteiger partial charge in [-0.1, -0.05) is 18.5 Å². The van der Waals surface area contributed by atoms with Gasteiger partial charge in [0, 0.05) is 12.2 Å². The van der Waals surface area contributed by atoms with Crippen molar-refractivity contribution in [1.29, 1.82) is 0 Å². The second-order valence-electron chi connectivity index (χ2n) is 3.66. The molecule has 5 nitrogen and oxygen atoms in total. The van der Waals surface area contributed by atoms with Gasteiger partial charge in [-0.3, -0.25) is 9.59 Å². The Hall–Kier alpha value is -1.59. The summed E-state index contributed by atoms with van der Waals surface area (Å²) in [7, 11) is 0. The highest BCUT2D eigenvalue weighted by Crippen LogP contribution is 2.20. The molecule has 3 N–H and O–H groups in total. The molecule has 0 atom stereocenters. The van der Waals surface area contributed by atoms with Crippen LogP contribution in [0.1, 0.15) is 23.7 Å². The van der Waals surface area contributed by atoms with Crippen molar-refractivity contribution in [2.45, 2.75) is 13.3 Å². The summed E-state index contributed by atoms with van der Waals surface area (Å²) in [5, 5.41) is 14.0. The maximum atomic E-state index is 11.7. The molecule has 0 aliphatic carbocycles. The number of hydrogen-bond acceptors (Lipinski definition) is 3. The van der Waals surface area contributed by atoms with E-state index in [2.05, 4.69) is 10.6 Å². The average molecular weight is 271 g/mol. The van der Waals surface area contributed by atoms with Crippen LogP contribution in [0.25, 0.3) is 0 Å². The zero-order chi connectivity index (χ0) is 13.5. The Labute approximate surface area is 110 Å². The van der Waals surface area contributed by atoms with Gasteiger partial charge in [-0.05, 0) is 24.6 Å². The Morgan fingerprint density at radius 3 is 2.67 bits per heavy atom. The number of halogens is 1. The number of hydrogen-bond donors (Lipinski definition) is 3. The lowest BCUT2D eigenvalue weighted by Gasteiger charge is -2.08. The van der Waals surface area contributed by atoms with E-state index >= 15 is 0 Å². The van der Waals surface area contributed by atoms with E-state index in [1.54, 1.807) is 6.07 Å². The lowest BCUT2D eigenvalue weighted by Crippen LogP contribution is -2.24. The Balaban J connectivity index is 2.79. The second kappa shape index (κ2) is 6.98. The second-order valence-corrected chi connectivity index (χ2v) is 4.06. The smallest absolute Gasteiger partial charge is 0.252 e. The number of anilines is 1. The van der Waals surface area contributed by atoms with Gasteiger partial charge in [0.25, 0.3) is 5.91 Å². The van der Waals surface area contributed by atoms with Crippen molar-refractivity contribution in [2.24, 2.45) is 0 Å². The van der Waals surface area contributed by atoms with Gasteiger partial charge in [0.1, 0.15) is 6.61 Å². The molecule has 0 heterocycles. The van der Waals surface area contributed by atoms with Gasteiger partial charge in [0.2, 0.25) is 5.91 Å². The van der Waals surface area contributed by atoms with Crippen molar-refractivity contribution in [3.05, 3.63) is 28.8 Å². The van der Waals surface area contributed by atoms with Gasteiger partial charge in [0.05, 0.1) is 10.6 Å². The number of aliphatic hydroxyl groups is 1. The topological polar surface area (TPSA) is 78.4 Å². The molecule has 1 rings (SSSR count). The summed E-state index contributed by atoms with van der Waals surface area (Å²) in [6, 6.07) is 4.55. The molecule has 18 heavy (non-hydrogen) atoms. The van der Waals surface area contributed by atoms with E-state index in [-0.39, 0.29) is 10.9 Å². The maximum absolute atomic E-state index is 11.7. The Morgan fingerprint density at radius 1 is 1.39 bits per heavy atom. The molecule has 98 valence electrons. The molecular formula is C12H15ClN2O3. The first kappa shape index (κ1) is 14.5. The van der Waals surface area contributed by atoms with Crippen LogP contribution < -0.4 is 10.6 Å². The van der Waals surface area contributed by atoms with E-state index in [1.807, 2.05) is 6.92 Å². The number of benzene rings is 1. The summed E-state index contributed by atoms with van der Waals surface area (Å²) in [5.74, 6) is -0.781. The largest absolute Gasteiger partial charge is 0.387 e. The van der Waals surface area contributed by atoms with Crippen LogP contribution in [0.4, 0.5) is 5.69 Å². The van der Waals surface area contributed by atoms with E-state index in [0.29, 0.717) is 17.8 Å². The Morgan fingerprint density at radius 2 is 2.11 bits per heavy atom. The molecule has 0 unspecified atom stereocenters. The van der Waals surface area contributed by atoms with Crippen LogP contribution in [-0.4, -0.2) is 30.1 Å². The fourth-order valence-electron chi connectivity index (χ4n) is 1.31. The van der Waals surface area contributed by atoms with E-state index < -0.39 is 12.5 Å². The third-order valence-electron chi connectivity index (χ3n) is 2.18. The van der Waals surface area contributed by atoms with Crippen LogP contribution in [0.2, 0.25) is 5.02 Å². The van der Waals surface area contributed by atoms with Crippen molar-refractivity contribution in [1.82, 2.24) is 5.32 Å². The molecule has 1 aromatic carbocycles. The van der Waals surface area contributed by atoms with Crippen LogP contribution in [-0.2, 0) is 4.79 Å². The number of rotatable bonds is 5. The quantitative estimate of drug-likeness (QED) is 0.757. The Kier molecular flexibility index (Phi) is 5.61. The number of amides is 2. The van der Waals surface area contributed by atoms with E-state index in [1.165, 1.54) is 12.1 Å². The summed E-state index contributed by atoms with van der Waals surface area (Å²) in [4.78, 5) is 22.7. The van der Waals surface area contributed by atoms with Gasteiger partial charge >= 0.3 is 0 Å². The molecule has 1 aromatic rings. The summed E-state index contributed by atoms with van der Waals surface area (Å²) < 4.78 is 0. The zero-order valence-corrected chi connectivity index (χ0v) is 10.8. The summed E-state index contributed by atoms with van der Waals surface area (Å²) >= 11 is 5.96. The van der Waals surface area contributed by atoms with Crippen molar-refractivity contribution >= 4 is 29.1 Å². The fraction of sp³-hybridized carbons (Fsp3) is 0.333. The van der Waals surface area contributed by atoms with Gasteiger partial charge in [-0.2, -0.15) is 0 Å². The van der Waals surface area contributed by atoms with Crippen molar-refractivity contribution in [3.63, 3.8) is 0 Å². The fourth-order valence-corrected chi connectivity index (χ4v) is 1.58. The van der Waals surface area contributed by atoms with Gasteiger partial charge < -0.3 is 15.7 Å². The van der Waals surface area contributed by atoms with Gasteiger partial charge in [0.15, 0.2) is 0 Å². The highest BCUT2D eigenvalue weighted by atomic mass is 35.5. The number of carbonyl (C=O) groups excluding carboxylic acids is 2. The predicted molar refractivity (Wildman–Crippen MR) is 69.8 cm³/mol. The molecule has 0 saturated heterocycles. The summed E-state index contributed by atoms with van der Waals surface area (Å²) in [6.07, 6.45) is 0.841. The van der Waals surface area contributed by atoms with Crippen LogP contribution >= 0.6 is 11.6 Å². The monoisotopic (exact) mass is 270 g/mol. The molecule has 0 aromatic heterocycles. The van der Waals surface area contributed by atoms with Crippen LogP contribution in [0.5, 0.6) is 0 Å². The molecule has 0 bridgehead atoms. The average Bonchev–Trinajstić information content (AvgIpc) is 2.36. The van der Waals surface area contributed by atoms with Crippen molar-refractivity contribution in [2.75, 3.05) is 18.5 Å². The SMILES string of the molecule is CCCNC(=O)c1ccc(NC(=O)CO)cc1Cl. The van der Waals surface area contributed by atoms with Crippen molar-refractivity contribution in [3.8, 4) is 0 Å². The van der Waals surface area contributed by atoms with E-state index in [4.69, 9.17) is 16.7 Å². The molecular weight excluding hydrogens is 256 g/mol. The third kappa shape index (κ3) is 4.01. The first-order valence-corrected chi connectivity index (χ1v) is 5.94. The maximum Gasteiger partial charge on any atom is 0.252 e. The summed E-state index contributed by atoms with van der Waals surface area (Å²) in [5.41, 5.74) is 0.790. The predicted octanol–water partition coefficient (Wildman–Crippen LogP) is 1.41. The number of aliphatic hydroxyl groups excluding tert-OH is 1. The minimum Gasteiger partial charge on any atom is -0.387 e. The lowest BCUT2D eigenvalue weighted by molar-refractivity contribution is -0.118. The molecule has 6 heteroatoms. The molecule has 2 amide bonds. The van der Waals surface area contributed by atoms with Crippen molar-refractivity contribution < 1.29 is 14.7 Å². The normalized spacial score (nSPS) is 9.94. The zero-order valence-electron chi connectivity index (χ0n) is 10.00. The Bertz CT molecular complexity index is 449. The molecule has 0 fully saturated rings. The van der Waals surface area contributed by atoms with Gasteiger partial charge in [-0.15, -0.1) is 0 Å². The minimum absolute atomic E-state index is 0.248. The lowest BCUT2D eigenvalue weighted by atomic mass is 10.2. The highest BCUT2D eigenvalue weighted by molar-refractivity contribution is 6.34. The molecule has 0 aliphatic rings. The molecule has 0 radical (unpaired) electrons. The highest BCUT2D eigenvalue weighted by Gasteiger charge is 2.10.